The third-order valence-electron chi connectivity index (χ3n) is 1.77. The first-order valence-electron chi connectivity index (χ1n) is 3.72. The van der Waals surface area contributed by atoms with E-state index in [0.717, 1.165) is 12.1 Å². The number of amides is 1. The van der Waals surface area contributed by atoms with Gasteiger partial charge in [-0.2, -0.15) is 5.10 Å². The van der Waals surface area contributed by atoms with Crippen molar-refractivity contribution < 1.29 is 4.79 Å². The monoisotopic (exact) mass is 204 g/mol. The Morgan fingerprint density at radius 2 is 2.38 bits per heavy atom. The standard InChI is InChI=1S/C7H12N4O.ClH/c1-3-6-5(7(12)10-8)4-9-11(6)2;/h4H,3,8H2,1-2H3,(H,10,12);1H. The van der Waals surface area contributed by atoms with Crippen LogP contribution in [0.3, 0.4) is 0 Å². The molecule has 1 rings (SSSR count). The molecule has 0 spiro atoms. The fourth-order valence-electron chi connectivity index (χ4n) is 1.15. The smallest absolute Gasteiger partial charge is 0.268 e. The minimum Gasteiger partial charge on any atom is -0.290 e. The van der Waals surface area contributed by atoms with Gasteiger partial charge in [-0.15, -0.1) is 12.4 Å². The van der Waals surface area contributed by atoms with Gasteiger partial charge in [0.1, 0.15) is 0 Å². The molecular formula is C7H13ClN4O. The van der Waals surface area contributed by atoms with Crippen LogP contribution in [-0.2, 0) is 13.5 Å². The molecule has 3 N–H and O–H groups in total. The number of hydrogen-bond acceptors (Lipinski definition) is 3. The average Bonchev–Trinajstić information content (AvgIpc) is 2.45. The molecule has 0 unspecified atom stereocenters. The minimum atomic E-state index is -0.292. The number of rotatable bonds is 2. The molecule has 1 aromatic heterocycles. The summed E-state index contributed by atoms with van der Waals surface area (Å²) in [6.07, 6.45) is 2.28. The molecule has 1 heterocycles. The zero-order valence-corrected chi connectivity index (χ0v) is 8.39. The zero-order chi connectivity index (χ0) is 9.14. The van der Waals surface area contributed by atoms with Gasteiger partial charge in [-0.05, 0) is 6.42 Å². The average molecular weight is 205 g/mol. The summed E-state index contributed by atoms with van der Waals surface area (Å²) in [5, 5.41) is 3.96. The van der Waals surface area contributed by atoms with Gasteiger partial charge in [-0.3, -0.25) is 14.9 Å². The summed E-state index contributed by atoms with van der Waals surface area (Å²) in [6.45, 7) is 1.96. The van der Waals surface area contributed by atoms with Gasteiger partial charge in [0.2, 0.25) is 0 Å². The molecule has 0 bridgehead atoms. The molecule has 0 atom stereocenters. The van der Waals surface area contributed by atoms with Crippen LogP contribution in [0.2, 0.25) is 0 Å². The van der Waals surface area contributed by atoms with Gasteiger partial charge < -0.3 is 0 Å². The summed E-state index contributed by atoms with van der Waals surface area (Å²) < 4.78 is 1.67. The van der Waals surface area contributed by atoms with Crippen LogP contribution in [0.15, 0.2) is 6.20 Å². The van der Waals surface area contributed by atoms with Crippen LogP contribution in [-0.4, -0.2) is 15.7 Å². The van der Waals surface area contributed by atoms with Crippen molar-refractivity contribution in [2.45, 2.75) is 13.3 Å². The Hall–Kier alpha value is -1.07. The fraction of sp³-hybridized carbons (Fsp3) is 0.429. The SMILES string of the molecule is CCc1c(C(=O)NN)cnn1C.Cl. The van der Waals surface area contributed by atoms with Gasteiger partial charge in [-0.25, -0.2) is 5.84 Å². The van der Waals surface area contributed by atoms with Gasteiger partial charge in [0.25, 0.3) is 5.91 Å². The number of hydrogen-bond donors (Lipinski definition) is 2. The van der Waals surface area contributed by atoms with Crippen LogP contribution < -0.4 is 11.3 Å². The van der Waals surface area contributed by atoms with Crippen LogP contribution in [0, 0.1) is 0 Å². The molecule has 0 saturated heterocycles. The number of aromatic nitrogens is 2. The normalized spacial score (nSPS) is 9.15. The van der Waals surface area contributed by atoms with E-state index in [9.17, 15) is 4.79 Å². The van der Waals surface area contributed by atoms with Crippen molar-refractivity contribution in [2.75, 3.05) is 0 Å². The molecule has 0 aliphatic heterocycles. The second kappa shape index (κ2) is 4.84. The highest BCUT2D eigenvalue weighted by atomic mass is 35.5. The summed E-state index contributed by atoms with van der Waals surface area (Å²) in [5.74, 6) is 4.71. The maximum atomic E-state index is 11.1. The summed E-state index contributed by atoms with van der Waals surface area (Å²) in [6, 6.07) is 0. The van der Waals surface area contributed by atoms with Crippen molar-refractivity contribution in [1.29, 1.82) is 0 Å². The quantitative estimate of drug-likeness (QED) is 0.405. The van der Waals surface area contributed by atoms with Crippen molar-refractivity contribution in [3.05, 3.63) is 17.5 Å². The van der Waals surface area contributed by atoms with E-state index in [1.165, 1.54) is 6.20 Å². The van der Waals surface area contributed by atoms with Crippen molar-refractivity contribution in [3.63, 3.8) is 0 Å². The van der Waals surface area contributed by atoms with Crippen LogP contribution in [0.25, 0.3) is 0 Å². The summed E-state index contributed by atoms with van der Waals surface area (Å²) in [5.41, 5.74) is 3.51. The highest BCUT2D eigenvalue weighted by Gasteiger charge is 2.12. The van der Waals surface area contributed by atoms with E-state index in [1.54, 1.807) is 11.7 Å². The van der Waals surface area contributed by atoms with Gasteiger partial charge in [-0.1, -0.05) is 6.92 Å². The molecule has 1 aromatic rings. The van der Waals surface area contributed by atoms with Gasteiger partial charge in [0.05, 0.1) is 17.5 Å². The van der Waals surface area contributed by atoms with Crippen LogP contribution in [0.5, 0.6) is 0 Å². The lowest BCUT2D eigenvalue weighted by atomic mass is 10.2. The van der Waals surface area contributed by atoms with Crippen molar-refractivity contribution >= 4 is 18.3 Å². The largest absolute Gasteiger partial charge is 0.290 e. The second-order valence-electron chi connectivity index (χ2n) is 2.46. The Morgan fingerprint density at radius 1 is 1.77 bits per heavy atom. The number of nitrogens with zero attached hydrogens (tertiary/aromatic N) is 2. The molecule has 0 aromatic carbocycles. The number of nitrogens with one attached hydrogen (secondary N) is 1. The summed E-state index contributed by atoms with van der Waals surface area (Å²) in [7, 11) is 1.80. The molecule has 74 valence electrons. The molecule has 0 saturated carbocycles. The Bertz CT molecular complexity index is 297. The third kappa shape index (κ3) is 2.19. The molecule has 1 amide bonds. The van der Waals surface area contributed by atoms with Gasteiger partial charge in [0, 0.05) is 7.05 Å². The van der Waals surface area contributed by atoms with E-state index in [2.05, 4.69) is 10.5 Å². The Kier molecular flexibility index (Phi) is 4.44. The third-order valence-corrected chi connectivity index (χ3v) is 1.77. The van der Waals surface area contributed by atoms with Crippen molar-refractivity contribution in [2.24, 2.45) is 12.9 Å². The number of carbonyl (C=O) groups is 1. The molecule has 0 aliphatic rings. The van der Waals surface area contributed by atoms with E-state index in [1.807, 2.05) is 6.92 Å². The highest BCUT2D eigenvalue weighted by Crippen LogP contribution is 2.06. The predicted molar refractivity (Wildman–Crippen MR) is 51.5 cm³/mol. The van der Waals surface area contributed by atoms with E-state index in [-0.39, 0.29) is 18.3 Å². The first-order chi connectivity index (χ1) is 5.70. The predicted octanol–water partition coefficient (Wildman–Crippen LogP) is 0.00780. The topological polar surface area (TPSA) is 72.9 Å². The van der Waals surface area contributed by atoms with E-state index in [0.29, 0.717) is 5.56 Å². The lowest BCUT2D eigenvalue weighted by molar-refractivity contribution is 0.0952. The van der Waals surface area contributed by atoms with Gasteiger partial charge >= 0.3 is 0 Å². The number of hydrazine groups is 1. The van der Waals surface area contributed by atoms with E-state index >= 15 is 0 Å². The Morgan fingerprint density at radius 3 is 2.85 bits per heavy atom. The Labute approximate surface area is 82.7 Å². The maximum Gasteiger partial charge on any atom is 0.268 e. The molecule has 0 aliphatic carbocycles. The van der Waals surface area contributed by atoms with Gasteiger partial charge in [0.15, 0.2) is 0 Å². The minimum absolute atomic E-state index is 0. The van der Waals surface area contributed by atoms with Crippen molar-refractivity contribution in [1.82, 2.24) is 15.2 Å². The second-order valence-corrected chi connectivity index (χ2v) is 2.46. The lowest BCUT2D eigenvalue weighted by Crippen LogP contribution is -2.30. The molecular weight excluding hydrogens is 192 g/mol. The van der Waals surface area contributed by atoms with Crippen LogP contribution in [0.1, 0.15) is 23.0 Å². The van der Waals surface area contributed by atoms with Crippen LogP contribution in [0.4, 0.5) is 0 Å². The van der Waals surface area contributed by atoms with Crippen molar-refractivity contribution in [3.8, 4) is 0 Å². The Balaban J connectivity index is 0.00000144. The zero-order valence-electron chi connectivity index (χ0n) is 7.57. The molecule has 5 nitrogen and oxygen atoms in total. The number of nitrogen functional groups attached to an aromatic ring is 1. The molecule has 6 heteroatoms. The molecule has 0 radical (unpaired) electrons. The maximum absolute atomic E-state index is 11.1. The summed E-state index contributed by atoms with van der Waals surface area (Å²) >= 11 is 0. The number of nitrogens with two attached hydrogens (primary N) is 1. The number of halogens is 1. The number of carbonyl (C=O) groups excluding carboxylic acids is 1. The summed E-state index contributed by atoms with van der Waals surface area (Å²) in [4.78, 5) is 11.1. The van der Waals surface area contributed by atoms with Crippen LogP contribution >= 0.6 is 12.4 Å². The van der Waals surface area contributed by atoms with E-state index < -0.39 is 0 Å². The first-order valence-corrected chi connectivity index (χ1v) is 3.72. The van der Waals surface area contributed by atoms with E-state index in [4.69, 9.17) is 5.84 Å². The number of aryl methyl sites for hydroxylation is 1. The lowest BCUT2D eigenvalue weighted by Gasteiger charge is -2.00. The molecule has 0 fully saturated rings. The molecule has 13 heavy (non-hydrogen) atoms. The fourth-order valence-corrected chi connectivity index (χ4v) is 1.15. The highest BCUT2D eigenvalue weighted by molar-refractivity contribution is 5.94. The first kappa shape index (κ1) is 11.9.